The lowest BCUT2D eigenvalue weighted by molar-refractivity contribution is -0.136. The number of aryl methyl sites for hydroxylation is 1. The minimum absolute atomic E-state index is 0.149. The number of nitrogens with zero attached hydrogens (tertiary/aromatic N) is 6. The van der Waals surface area contributed by atoms with Crippen molar-refractivity contribution in [3.63, 3.8) is 0 Å². The molecule has 3 heterocycles. The van der Waals surface area contributed by atoms with Crippen LogP contribution in [0, 0.1) is 24.5 Å². The Morgan fingerprint density at radius 1 is 0.909 bits per heavy atom. The number of carbonyl (C=O) groups is 3. The smallest absolute Gasteiger partial charge is 0.264 e. The summed E-state index contributed by atoms with van der Waals surface area (Å²) in [5.74, 6) is -2.29. The number of hydrogen-bond acceptors (Lipinski definition) is 7. The van der Waals surface area contributed by atoms with Crippen molar-refractivity contribution in [2.75, 3.05) is 11.4 Å². The normalized spacial score (nSPS) is 25.1. The van der Waals surface area contributed by atoms with Crippen molar-refractivity contribution >= 4 is 35.2 Å². The van der Waals surface area contributed by atoms with E-state index in [1.807, 2.05) is 25.1 Å². The molecule has 0 spiro atoms. The molecular weight excluding hydrogens is 566 g/mol. The summed E-state index contributed by atoms with van der Waals surface area (Å²) in [6.45, 7) is 1.58. The van der Waals surface area contributed by atoms with Crippen LogP contribution in [0.25, 0.3) is 6.08 Å². The molecule has 1 aliphatic carbocycles. The van der Waals surface area contributed by atoms with Crippen LogP contribution in [-0.2, 0) is 14.4 Å². The minimum Gasteiger partial charge on any atom is -0.271 e. The zero-order valence-electron chi connectivity index (χ0n) is 23.8. The molecule has 0 unspecified atom stereocenters. The summed E-state index contributed by atoms with van der Waals surface area (Å²) in [7, 11) is 0. The van der Waals surface area contributed by atoms with Crippen LogP contribution in [0.5, 0.6) is 0 Å². The highest BCUT2D eigenvalue weighted by Crippen LogP contribution is 2.45. The first-order valence-corrected chi connectivity index (χ1v) is 14.5. The van der Waals surface area contributed by atoms with Gasteiger partial charge in [-0.1, -0.05) is 47.2 Å². The molecule has 1 saturated heterocycles. The van der Waals surface area contributed by atoms with E-state index in [0.717, 1.165) is 52.1 Å². The summed E-state index contributed by atoms with van der Waals surface area (Å²) < 4.78 is 27.4. The quantitative estimate of drug-likeness (QED) is 0.370. The number of hydrogen-bond donors (Lipinski definition) is 0. The van der Waals surface area contributed by atoms with Gasteiger partial charge in [-0.15, -0.1) is 0 Å². The number of carbonyl (C=O) groups excluding carboxylic acids is 3. The summed E-state index contributed by atoms with van der Waals surface area (Å²) in [4.78, 5) is 41.7. The Labute approximate surface area is 252 Å². The number of benzene rings is 3. The van der Waals surface area contributed by atoms with Gasteiger partial charge in [-0.25, -0.2) is 18.7 Å². The summed E-state index contributed by atoms with van der Waals surface area (Å²) in [5, 5.41) is 15.6. The van der Waals surface area contributed by atoms with E-state index in [-0.39, 0.29) is 18.3 Å². The molecule has 3 aromatic rings. The largest absolute Gasteiger partial charge is 0.271 e. The second-order valence-electron chi connectivity index (χ2n) is 11.5. The zero-order chi connectivity index (χ0) is 30.5. The molecular formula is C33H28F2N6O3. The van der Waals surface area contributed by atoms with Crippen LogP contribution < -0.4 is 4.90 Å². The average molecular weight is 595 g/mol. The van der Waals surface area contributed by atoms with E-state index in [2.05, 4.69) is 10.3 Å². The van der Waals surface area contributed by atoms with Crippen molar-refractivity contribution in [1.29, 1.82) is 0 Å². The van der Waals surface area contributed by atoms with Crippen molar-refractivity contribution in [3.8, 4) is 0 Å². The lowest BCUT2D eigenvalue weighted by atomic mass is 9.77. The molecule has 7 rings (SSSR count). The molecule has 0 bridgehead atoms. The van der Waals surface area contributed by atoms with Crippen LogP contribution in [0.4, 0.5) is 14.5 Å². The molecule has 0 radical (unpaired) electrons. The van der Waals surface area contributed by atoms with Crippen molar-refractivity contribution in [2.24, 2.45) is 21.4 Å². The number of allylic oxidation sites excluding steroid dienone is 1. The van der Waals surface area contributed by atoms with Crippen LogP contribution in [0.15, 0.2) is 93.8 Å². The van der Waals surface area contributed by atoms with Crippen molar-refractivity contribution in [1.82, 2.24) is 10.0 Å². The number of hydrazone groups is 1. The molecule has 3 aromatic carbocycles. The van der Waals surface area contributed by atoms with Gasteiger partial charge < -0.3 is 0 Å². The van der Waals surface area contributed by atoms with Gasteiger partial charge >= 0.3 is 0 Å². The second kappa shape index (κ2) is 10.9. The third-order valence-electron chi connectivity index (χ3n) is 8.63. The number of rotatable bonds is 5. The Hall–Kier alpha value is -5.06. The predicted octanol–water partition coefficient (Wildman–Crippen LogP) is 5.39. The first-order chi connectivity index (χ1) is 21.3. The van der Waals surface area contributed by atoms with E-state index in [0.29, 0.717) is 5.69 Å². The van der Waals surface area contributed by atoms with E-state index in [4.69, 9.17) is 5.10 Å². The first-order valence-electron chi connectivity index (χ1n) is 14.5. The Bertz CT molecular complexity index is 1740. The molecule has 0 aromatic heterocycles. The van der Waals surface area contributed by atoms with E-state index >= 15 is 0 Å². The highest BCUT2D eigenvalue weighted by molar-refractivity contribution is 6.25. The Balaban J connectivity index is 1.18. The van der Waals surface area contributed by atoms with Crippen LogP contribution in [0.1, 0.15) is 42.0 Å². The molecule has 4 atom stereocenters. The molecule has 0 N–H and O–H groups in total. The van der Waals surface area contributed by atoms with Crippen molar-refractivity contribution in [2.45, 2.75) is 44.3 Å². The fourth-order valence-electron chi connectivity index (χ4n) is 6.47. The van der Waals surface area contributed by atoms with Crippen LogP contribution in [0.2, 0.25) is 0 Å². The predicted molar refractivity (Wildman–Crippen MR) is 158 cm³/mol. The zero-order valence-corrected chi connectivity index (χ0v) is 23.8. The molecule has 3 aliphatic heterocycles. The molecule has 11 heteroatoms. The van der Waals surface area contributed by atoms with Gasteiger partial charge in [-0.2, -0.15) is 10.2 Å². The van der Waals surface area contributed by atoms with E-state index in [1.165, 1.54) is 34.3 Å². The fraction of sp³-hybridized carbons (Fsp3) is 0.273. The number of halogens is 2. The first kappa shape index (κ1) is 27.8. The van der Waals surface area contributed by atoms with Crippen LogP contribution in [-0.4, -0.2) is 52.1 Å². The number of amides is 3. The second-order valence-corrected chi connectivity index (χ2v) is 11.5. The lowest BCUT2D eigenvalue weighted by Gasteiger charge is -2.30. The molecule has 1 saturated carbocycles. The number of imide groups is 1. The fourth-order valence-corrected chi connectivity index (χ4v) is 6.47. The highest BCUT2D eigenvalue weighted by Gasteiger charge is 2.55. The van der Waals surface area contributed by atoms with Gasteiger partial charge in [0, 0.05) is 5.92 Å². The third kappa shape index (κ3) is 4.78. The summed E-state index contributed by atoms with van der Waals surface area (Å²) in [6.07, 6.45) is 4.31. The van der Waals surface area contributed by atoms with E-state index < -0.39 is 41.7 Å². The third-order valence-corrected chi connectivity index (χ3v) is 8.63. The van der Waals surface area contributed by atoms with Gasteiger partial charge in [0.1, 0.15) is 18.2 Å². The van der Waals surface area contributed by atoms with Crippen molar-refractivity contribution in [3.05, 3.63) is 107 Å². The monoisotopic (exact) mass is 594 g/mol. The molecule has 2 fully saturated rings. The van der Waals surface area contributed by atoms with Gasteiger partial charge in [-0.05, 0) is 85.4 Å². The highest BCUT2D eigenvalue weighted by atomic mass is 19.1. The average Bonchev–Trinajstić information content (AvgIpc) is 3.69. The maximum absolute atomic E-state index is 14.0. The summed E-state index contributed by atoms with van der Waals surface area (Å²) in [5.41, 5.74) is 4.67. The Morgan fingerprint density at radius 3 is 2.30 bits per heavy atom. The maximum atomic E-state index is 14.0. The van der Waals surface area contributed by atoms with Gasteiger partial charge in [0.2, 0.25) is 0 Å². The number of fused-ring (bicyclic) bond motifs is 2. The molecule has 222 valence electrons. The Kier molecular flexibility index (Phi) is 6.87. The van der Waals surface area contributed by atoms with Gasteiger partial charge in [0.05, 0.1) is 17.4 Å². The molecule has 3 amide bonds. The van der Waals surface area contributed by atoms with Gasteiger partial charge in [0.25, 0.3) is 17.7 Å². The maximum Gasteiger partial charge on any atom is 0.264 e. The van der Waals surface area contributed by atoms with Gasteiger partial charge in [-0.3, -0.25) is 19.4 Å². The van der Waals surface area contributed by atoms with Crippen LogP contribution >= 0.6 is 0 Å². The SMILES string of the molecule is Cc1ccc(N2C(=O)[C@@H]3N=NN(CC(=O)N4N=C5/C(=C\c6ccc(F)cc6)CCC[C@@H]5[C@H]4c4ccc(F)cc4)[C@H]3C2=O)cc1. The standard InChI is InChI=1S/C33H28F2N6O3/c1-19-5-15-25(16-6-19)40-32(43)29-31(33(40)44)39(38-36-29)18-27(42)41-30(21-9-13-24(35)14-10-21)26-4-2-3-22(28(26)37-41)17-20-7-11-23(34)12-8-20/h5-17,26,29-31H,2-4,18H2,1H3/b22-17-/t26-,29+,30+,31+/m0/s1. The molecule has 4 aliphatic rings. The lowest BCUT2D eigenvalue weighted by Crippen LogP contribution is -2.45. The number of anilines is 1. The van der Waals surface area contributed by atoms with E-state index in [1.54, 1.807) is 36.4 Å². The summed E-state index contributed by atoms with van der Waals surface area (Å²) in [6, 6.07) is 16.6. The molecule has 44 heavy (non-hydrogen) atoms. The van der Waals surface area contributed by atoms with Crippen molar-refractivity contribution < 1.29 is 23.2 Å². The Morgan fingerprint density at radius 2 is 1.59 bits per heavy atom. The summed E-state index contributed by atoms with van der Waals surface area (Å²) >= 11 is 0. The molecule has 9 nitrogen and oxygen atoms in total. The minimum atomic E-state index is -1.04. The van der Waals surface area contributed by atoms with E-state index in [9.17, 15) is 23.2 Å². The topological polar surface area (TPSA) is 98.0 Å². The van der Waals surface area contributed by atoms with Gasteiger partial charge in [0.15, 0.2) is 12.1 Å². The van der Waals surface area contributed by atoms with Crippen LogP contribution in [0.3, 0.4) is 0 Å².